The number of carbonyl (C=O) groups is 1. The van der Waals surface area contributed by atoms with Gasteiger partial charge in [0.05, 0.1) is 24.8 Å². The predicted octanol–water partition coefficient (Wildman–Crippen LogP) is 2.87. The van der Waals surface area contributed by atoms with Crippen LogP contribution in [0.3, 0.4) is 0 Å². The van der Waals surface area contributed by atoms with Crippen LogP contribution in [0.2, 0.25) is 0 Å². The number of fused-ring (bicyclic) bond motifs is 1. The molecule has 2 aromatic heterocycles. The molecule has 0 saturated carbocycles. The number of hydrogen-bond acceptors (Lipinski definition) is 7. The summed E-state index contributed by atoms with van der Waals surface area (Å²) in [4.78, 5) is 34.0. The van der Waals surface area contributed by atoms with Crippen molar-refractivity contribution in [1.82, 2.24) is 14.5 Å². The molecule has 0 fully saturated rings. The molecule has 3 aromatic rings. The Morgan fingerprint density at radius 3 is 2.72 bits per heavy atom. The summed E-state index contributed by atoms with van der Waals surface area (Å²) in [6.07, 6.45) is 1.19. The lowest BCUT2D eigenvalue weighted by Gasteiger charge is -2.08. The molecule has 1 aromatic carbocycles. The second-order valence-corrected chi connectivity index (χ2v) is 6.59. The zero-order valence-electron chi connectivity index (χ0n) is 16.3. The Bertz CT molecular complexity index is 1250. The van der Waals surface area contributed by atoms with Gasteiger partial charge in [-0.2, -0.15) is 0 Å². The summed E-state index contributed by atoms with van der Waals surface area (Å²) >= 11 is 4.82. The van der Waals surface area contributed by atoms with E-state index in [1.165, 1.54) is 13.3 Å². The topological polar surface area (TPSA) is 122 Å². The average Bonchev–Trinajstić information content (AvgIpc) is 2.92. The standard InChI is InChI=1S/C19H20N4O5S/c1-5-28-18(26)13-9(2)23(3)11-6-7-12(27-4)15(14(11)13)20-8-10-16(24)21-19(29)22-17(10)25/h6-8H,5H2,1-4H3,(H3,21,22,24,25,29). The van der Waals surface area contributed by atoms with Gasteiger partial charge in [-0.15, -0.1) is 0 Å². The van der Waals surface area contributed by atoms with E-state index in [1.807, 2.05) is 17.7 Å². The fraction of sp³-hybridized carbons (Fsp3) is 0.263. The molecular weight excluding hydrogens is 396 g/mol. The first-order valence-electron chi connectivity index (χ1n) is 8.72. The van der Waals surface area contributed by atoms with Gasteiger partial charge in [0.15, 0.2) is 4.77 Å². The average molecular weight is 416 g/mol. The SMILES string of the molecule is CCOC(=O)c1c(C)n(C)c2ccc(OC)c(N=Cc3c(O)[nH]c(=S)[nH]c3=O)c12. The van der Waals surface area contributed by atoms with Crippen LogP contribution in [0.1, 0.15) is 28.5 Å². The van der Waals surface area contributed by atoms with Gasteiger partial charge in [0.2, 0.25) is 5.88 Å². The second kappa shape index (κ2) is 7.92. The van der Waals surface area contributed by atoms with Crippen molar-refractivity contribution in [2.75, 3.05) is 13.7 Å². The predicted molar refractivity (Wildman–Crippen MR) is 111 cm³/mol. The van der Waals surface area contributed by atoms with Crippen molar-refractivity contribution >= 4 is 41.0 Å². The maximum Gasteiger partial charge on any atom is 0.340 e. The lowest BCUT2D eigenvalue weighted by atomic mass is 10.1. The Morgan fingerprint density at radius 2 is 2.10 bits per heavy atom. The molecule has 0 aliphatic heterocycles. The van der Waals surface area contributed by atoms with Gasteiger partial charge in [-0.25, -0.2) is 4.79 Å². The van der Waals surface area contributed by atoms with Crippen LogP contribution in [-0.4, -0.2) is 45.5 Å². The number of aliphatic imine (C=N–C) groups is 1. The third-order valence-corrected chi connectivity index (χ3v) is 4.78. The highest BCUT2D eigenvalue weighted by Crippen LogP contribution is 2.40. The normalized spacial score (nSPS) is 11.3. The minimum Gasteiger partial charge on any atom is -0.494 e. The lowest BCUT2D eigenvalue weighted by Crippen LogP contribution is -2.13. The number of carbonyl (C=O) groups excluding carboxylic acids is 1. The number of H-pyrrole nitrogens is 2. The van der Waals surface area contributed by atoms with E-state index in [0.717, 1.165) is 5.52 Å². The van der Waals surface area contributed by atoms with Gasteiger partial charge in [0.1, 0.15) is 17.0 Å². The van der Waals surface area contributed by atoms with Crippen molar-refractivity contribution in [1.29, 1.82) is 0 Å². The smallest absolute Gasteiger partial charge is 0.340 e. The Labute approximate surface area is 170 Å². The summed E-state index contributed by atoms with van der Waals surface area (Å²) < 4.78 is 12.5. The van der Waals surface area contributed by atoms with E-state index < -0.39 is 17.4 Å². The fourth-order valence-electron chi connectivity index (χ4n) is 3.10. The summed E-state index contributed by atoms with van der Waals surface area (Å²) in [6, 6.07) is 3.53. The summed E-state index contributed by atoms with van der Waals surface area (Å²) in [5, 5.41) is 10.5. The number of methoxy groups -OCH3 is 1. The number of aromatic hydroxyl groups is 1. The molecule has 0 unspecified atom stereocenters. The molecule has 0 aliphatic carbocycles. The van der Waals surface area contributed by atoms with E-state index in [0.29, 0.717) is 28.1 Å². The van der Waals surface area contributed by atoms with Crippen LogP contribution >= 0.6 is 12.2 Å². The molecule has 29 heavy (non-hydrogen) atoms. The molecule has 152 valence electrons. The van der Waals surface area contributed by atoms with Crippen molar-refractivity contribution in [3.05, 3.63) is 44.1 Å². The van der Waals surface area contributed by atoms with E-state index in [1.54, 1.807) is 19.9 Å². The van der Waals surface area contributed by atoms with Gasteiger partial charge in [0, 0.05) is 24.3 Å². The Morgan fingerprint density at radius 1 is 1.38 bits per heavy atom. The van der Waals surface area contributed by atoms with Crippen LogP contribution in [0.25, 0.3) is 10.9 Å². The van der Waals surface area contributed by atoms with Gasteiger partial charge in [-0.05, 0) is 38.2 Å². The minimum atomic E-state index is -0.601. The summed E-state index contributed by atoms with van der Waals surface area (Å²) in [6.45, 7) is 3.76. The summed E-state index contributed by atoms with van der Waals surface area (Å²) in [7, 11) is 3.30. The first kappa shape index (κ1) is 20.3. The third kappa shape index (κ3) is 3.54. The molecule has 0 aliphatic rings. The molecule has 0 saturated heterocycles. The number of aromatic amines is 2. The number of ether oxygens (including phenoxy) is 2. The molecule has 3 N–H and O–H groups in total. The Balaban J connectivity index is 2.32. The highest BCUT2D eigenvalue weighted by atomic mass is 32.1. The summed E-state index contributed by atoms with van der Waals surface area (Å²) in [5.41, 5.74) is 1.43. The molecule has 0 atom stereocenters. The van der Waals surface area contributed by atoms with Crippen LogP contribution in [0, 0.1) is 11.7 Å². The number of nitrogens with one attached hydrogen (secondary N) is 2. The lowest BCUT2D eigenvalue weighted by molar-refractivity contribution is 0.0527. The van der Waals surface area contributed by atoms with Gasteiger partial charge < -0.3 is 24.1 Å². The molecule has 0 amide bonds. The van der Waals surface area contributed by atoms with Gasteiger partial charge in [-0.1, -0.05) is 0 Å². The van der Waals surface area contributed by atoms with Crippen LogP contribution in [0.4, 0.5) is 5.69 Å². The number of nitrogens with zero attached hydrogens (tertiary/aromatic N) is 2. The van der Waals surface area contributed by atoms with Crippen molar-refractivity contribution in [2.24, 2.45) is 12.0 Å². The first-order valence-corrected chi connectivity index (χ1v) is 9.13. The van der Waals surface area contributed by atoms with Crippen LogP contribution in [0.15, 0.2) is 21.9 Å². The highest BCUT2D eigenvalue weighted by molar-refractivity contribution is 7.71. The van der Waals surface area contributed by atoms with E-state index >= 15 is 0 Å². The Kier molecular flexibility index (Phi) is 5.55. The summed E-state index contributed by atoms with van der Waals surface area (Å²) in [5.74, 6) is -0.502. The number of aryl methyl sites for hydroxylation is 1. The van der Waals surface area contributed by atoms with Gasteiger partial charge in [-0.3, -0.25) is 14.8 Å². The zero-order valence-corrected chi connectivity index (χ0v) is 17.1. The molecule has 3 rings (SSSR count). The fourth-order valence-corrected chi connectivity index (χ4v) is 3.28. The number of aromatic nitrogens is 3. The second-order valence-electron chi connectivity index (χ2n) is 6.18. The number of rotatable bonds is 5. The van der Waals surface area contributed by atoms with Gasteiger partial charge >= 0.3 is 5.97 Å². The van der Waals surface area contributed by atoms with E-state index in [-0.39, 0.29) is 16.9 Å². The third-order valence-electron chi connectivity index (χ3n) is 4.58. The maximum atomic E-state index is 12.6. The van der Waals surface area contributed by atoms with E-state index in [2.05, 4.69) is 15.0 Å². The molecule has 0 radical (unpaired) electrons. The van der Waals surface area contributed by atoms with Crippen molar-refractivity contribution in [3.63, 3.8) is 0 Å². The largest absolute Gasteiger partial charge is 0.494 e. The molecular formula is C19H20N4O5S. The number of benzene rings is 1. The first-order chi connectivity index (χ1) is 13.8. The van der Waals surface area contributed by atoms with Crippen LogP contribution in [-0.2, 0) is 11.8 Å². The van der Waals surface area contributed by atoms with Crippen molar-refractivity contribution in [2.45, 2.75) is 13.8 Å². The van der Waals surface area contributed by atoms with Crippen molar-refractivity contribution in [3.8, 4) is 11.6 Å². The monoisotopic (exact) mass is 416 g/mol. The maximum absolute atomic E-state index is 12.6. The quantitative estimate of drug-likeness (QED) is 0.334. The molecule has 0 bridgehead atoms. The van der Waals surface area contributed by atoms with Crippen LogP contribution in [0.5, 0.6) is 11.6 Å². The molecule has 10 heteroatoms. The van der Waals surface area contributed by atoms with Crippen LogP contribution < -0.4 is 10.3 Å². The zero-order chi connectivity index (χ0) is 21.3. The molecule has 2 heterocycles. The van der Waals surface area contributed by atoms with Gasteiger partial charge in [0.25, 0.3) is 5.56 Å². The molecule has 0 spiro atoms. The minimum absolute atomic E-state index is 0.00684. The number of hydrogen-bond donors (Lipinski definition) is 3. The van der Waals surface area contributed by atoms with E-state index in [4.69, 9.17) is 21.7 Å². The van der Waals surface area contributed by atoms with E-state index in [9.17, 15) is 14.7 Å². The highest BCUT2D eigenvalue weighted by Gasteiger charge is 2.24. The molecule has 9 nitrogen and oxygen atoms in total. The van der Waals surface area contributed by atoms with Crippen molar-refractivity contribution < 1.29 is 19.4 Å². The Hall–Kier alpha value is -3.40. The number of esters is 1.